The first kappa shape index (κ1) is 18.4. The number of nitrogens with one attached hydrogen (secondary N) is 1. The van der Waals surface area contributed by atoms with E-state index in [1.54, 1.807) is 26.0 Å². The fraction of sp³-hybridized carbons (Fsp3) is 0.294. The molecule has 1 heterocycles. The lowest BCUT2D eigenvalue weighted by Gasteiger charge is -2.13. The molecule has 1 aliphatic rings. The van der Waals surface area contributed by atoms with Gasteiger partial charge in [0, 0.05) is 20.4 Å². The molecule has 1 aromatic rings. The highest BCUT2D eigenvalue weighted by Gasteiger charge is 2.37. The van der Waals surface area contributed by atoms with E-state index in [-0.39, 0.29) is 5.76 Å². The molecule has 0 aliphatic carbocycles. The Labute approximate surface area is 150 Å². The number of rotatable bonds is 5. The largest absolute Gasteiger partial charge is 0.445 e. The molecular formula is C17H17Cl2NO4. The highest BCUT2D eigenvalue weighted by atomic mass is 35.5. The lowest BCUT2D eigenvalue weighted by molar-refractivity contribution is -0.159. The molecule has 7 heteroatoms. The first-order valence-electron chi connectivity index (χ1n) is 7.30. The average Bonchev–Trinajstić information content (AvgIpc) is 2.74. The lowest BCUT2D eigenvalue weighted by Crippen LogP contribution is -2.23. The molecule has 0 radical (unpaired) electrons. The van der Waals surface area contributed by atoms with Gasteiger partial charge < -0.3 is 14.8 Å². The van der Waals surface area contributed by atoms with Crippen LogP contribution in [0.4, 0.5) is 0 Å². The number of benzene rings is 1. The zero-order chi connectivity index (χ0) is 17.7. The molecule has 0 saturated carbocycles. The zero-order valence-corrected chi connectivity index (χ0v) is 14.8. The molecule has 0 aromatic heterocycles. The van der Waals surface area contributed by atoms with Gasteiger partial charge >= 0.3 is 5.97 Å². The molecule has 2 rings (SSSR count). The maximum atomic E-state index is 11.7. The van der Waals surface area contributed by atoms with E-state index in [0.717, 1.165) is 11.6 Å². The summed E-state index contributed by atoms with van der Waals surface area (Å²) >= 11 is 11.8. The second kappa shape index (κ2) is 7.73. The van der Waals surface area contributed by atoms with Gasteiger partial charge in [0.1, 0.15) is 0 Å². The van der Waals surface area contributed by atoms with Crippen LogP contribution in [-0.4, -0.2) is 24.2 Å². The van der Waals surface area contributed by atoms with Crippen molar-refractivity contribution in [3.05, 3.63) is 51.7 Å². The van der Waals surface area contributed by atoms with Crippen LogP contribution >= 0.6 is 23.2 Å². The van der Waals surface area contributed by atoms with Crippen LogP contribution in [0.25, 0.3) is 6.08 Å². The van der Waals surface area contributed by atoms with Crippen molar-refractivity contribution in [1.82, 2.24) is 5.32 Å². The average molecular weight is 370 g/mol. The lowest BCUT2D eigenvalue weighted by atomic mass is 10.2. The van der Waals surface area contributed by atoms with Gasteiger partial charge in [-0.1, -0.05) is 41.4 Å². The Morgan fingerprint density at radius 2 is 2.00 bits per heavy atom. The third-order valence-electron chi connectivity index (χ3n) is 3.02. The van der Waals surface area contributed by atoms with Crippen molar-refractivity contribution in [2.24, 2.45) is 0 Å². The summed E-state index contributed by atoms with van der Waals surface area (Å²) in [4.78, 5) is 23.2. The molecule has 1 aromatic carbocycles. The Morgan fingerprint density at radius 1 is 1.25 bits per heavy atom. The SMILES string of the molecule is CC1(C)OC(=O)/C(=C/C(=O)NCC/C=C/c2ccc(Cl)c(Cl)c2)O1. The molecule has 1 aliphatic heterocycles. The number of hydrogen-bond donors (Lipinski definition) is 1. The van der Waals surface area contributed by atoms with Gasteiger partial charge in [-0.05, 0) is 24.1 Å². The molecule has 0 unspecified atom stereocenters. The van der Waals surface area contributed by atoms with Crippen LogP contribution in [0, 0.1) is 0 Å². The van der Waals surface area contributed by atoms with E-state index in [9.17, 15) is 9.59 Å². The summed E-state index contributed by atoms with van der Waals surface area (Å²) in [7, 11) is 0. The highest BCUT2D eigenvalue weighted by molar-refractivity contribution is 6.42. The van der Waals surface area contributed by atoms with E-state index in [1.165, 1.54) is 0 Å². The second-order valence-electron chi connectivity index (χ2n) is 5.56. The van der Waals surface area contributed by atoms with Gasteiger partial charge in [0.25, 0.3) is 0 Å². The topological polar surface area (TPSA) is 64.6 Å². The summed E-state index contributed by atoms with van der Waals surface area (Å²) < 4.78 is 10.2. The normalized spacial score (nSPS) is 17.8. The summed E-state index contributed by atoms with van der Waals surface area (Å²) in [6.45, 7) is 3.60. The van der Waals surface area contributed by atoms with Crippen molar-refractivity contribution >= 4 is 41.2 Å². The van der Waals surface area contributed by atoms with Crippen LogP contribution in [0.15, 0.2) is 36.1 Å². The fourth-order valence-corrected chi connectivity index (χ4v) is 2.28. The van der Waals surface area contributed by atoms with Gasteiger partial charge in [-0.2, -0.15) is 0 Å². The van der Waals surface area contributed by atoms with Crippen molar-refractivity contribution < 1.29 is 19.1 Å². The minimum atomic E-state index is -1.04. The molecule has 0 spiro atoms. The number of amides is 1. The summed E-state index contributed by atoms with van der Waals surface area (Å²) in [5.74, 6) is -2.19. The minimum absolute atomic E-state index is 0.0937. The number of carbonyl (C=O) groups excluding carboxylic acids is 2. The number of esters is 1. The highest BCUT2D eigenvalue weighted by Crippen LogP contribution is 2.26. The van der Waals surface area contributed by atoms with Crippen molar-refractivity contribution in [1.29, 1.82) is 0 Å². The van der Waals surface area contributed by atoms with Gasteiger partial charge in [0.2, 0.25) is 17.5 Å². The first-order chi connectivity index (χ1) is 11.3. The number of ether oxygens (including phenoxy) is 2. The molecule has 5 nitrogen and oxygen atoms in total. The van der Waals surface area contributed by atoms with Crippen molar-refractivity contribution in [2.75, 3.05) is 6.54 Å². The van der Waals surface area contributed by atoms with Crippen LogP contribution in [0.3, 0.4) is 0 Å². The number of hydrogen-bond acceptors (Lipinski definition) is 4. The van der Waals surface area contributed by atoms with Crippen molar-refractivity contribution in [2.45, 2.75) is 26.1 Å². The van der Waals surface area contributed by atoms with Crippen LogP contribution < -0.4 is 5.32 Å². The first-order valence-corrected chi connectivity index (χ1v) is 8.06. The quantitative estimate of drug-likeness (QED) is 0.488. The van der Waals surface area contributed by atoms with Crippen molar-refractivity contribution in [3.63, 3.8) is 0 Å². The van der Waals surface area contributed by atoms with Crippen molar-refractivity contribution in [3.8, 4) is 0 Å². The number of cyclic esters (lactones) is 1. The zero-order valence-electron chi connectivity index (χ0n) is 13.3. The molecule has 24 heavy (non-hydrogen) atoms. The van der Waals surface area contributed by atoms with Crippen LogP contribution in [0.1, 0.15) is 25.8 Å². The molecule has 0 bridgehead atoms. The van der Waals surface area contributed by atoms with E-state index < -0.39 is 17.7 Å². The molecular weight excluding hydrogens is 353 g/mol. The fourth-order valence-electron chi connectivity index (χ4n) is 1.97. The Hall–Kier alpha value is -1.98. The van der Waals surface area contributed by atoms with Gasteiger partial charge in [-0.15, -0.1) is 0 Å². The Balaban J connectivity index is 1.78. The monoisotopic (exact) mass is 369 g/mol. The molecule has 1 amide bonds. The molecule has 1 saturated heterocycles. The van der Waals surface area contributed by atoms with E-state index in [2.05, 4.69) is 5.32 Å². The van der Waals surface area contributed by atoms with E-state index >= 15 is 0 Å². The van der Waals surface area contributed by atoms with Crippen LogP contribution in [-0.2, 0) is 19.1 Å². The van der Waals surface area contributed by atoms with Crippen LogP contribution in [0.5, 0.6) is 0 Å². The number of carbonyl (C=O) groups is 2. The maximum absolute atomic E-state index is 11.7. The third kappa shape index (κ3) is 5.28. The van der Waals surface area contributed by atoms with Gasteiger partial charge in [0.05, 0.1) is 16.1 Å². The van der Waals surface area contributed by atoms with Gasteiger partial charge in [0.15, 0.2) is 0 Å². The summed E-state index contributed by atoms with van der Waals surface area (Å²) in [6, 6.07) is 5.33. The predicted octanol–water partition coefficient (Wildman–Crippen LogP) is 3.71. The predicted molar refractivity (Wildman–Crippen MR) is 92.5 cm³/mol. The summed E-state index contributed by atoms with van der Waals surface area (Å²) in [5, 5.41) is 3.66. The molecule has 1 N–H and O–H groups in total. The van der Waals surface area contributed by atoms with E-state index in [1.807, 2.05) is 18.2 Å². The minimum Gasteiger partial charge on any atom is -0.445 e. The van der Waals surface area contributed by atoms with Gasteiger partial charge in [-0.3, -0.25) is 4.79 Å². The standard InChI is InChI=1S/C17H17Cl2NO4/c1-17(2)23-14(16(22)24-17)10-15(21)20-8-4-3-5-11-6-7-12(18)13(19)9-11/h3,5-7,9-10H,4,8H2,1-2H3,(H,20,21)/b5-3+,14-10-. The third-order valence-corrected chi connectivity index (χ3v) is 3.76. The Morgan fingerprint density at radius 3 is 2.62 bits per heavy atom. The second-order valence-corrected chi connectivity index (χ2v) is 6.37. The maximum Gasteiger partial charge on any atom is 0.377 e. The van der Waals surface area contributed by atoms with Crippen LogP contribution in [0.2, 0.25) is 10.0 Å². The Bertz CT molecular complexity index is 711. The molecule has 0 atom stereocenters. The molecule has 1 fully saturated rings. The van der Waals surface area contributed by atoms with E-state index in [0.29, 0.717) is 23.0 Å². The number of halogens is 2. The van der Waals surface area contributed by atoms with Gasteiger partial charge in [-0.25, -0.2) is 4.79 Å². The summed E-state index contributed by atoms with van der Waals surface area (Å²) in [6.07, 6.45) is 5.49. The summed E-state index contributed by atoms with van der Waals surface area (Å²) in [5.41, 5.74) is 0.919. The Kier molecular flexibility index (Phi) is 5.91. The molecule has 128 valence electrons. The smallest absolute Gasteiger partial charge is 0.377 e. The van der Waals surface area contributed by atoms with E-state index in [4.69, 9.17) is 32.7 Å².